The largest absolute Gasteiger partial charge is 0.497 e. The summed E-state index contributed by atoms with van der Waals surface area (Å²) >= 11 is 7.80. The average molecular weight is 357 g/mol. The van der Waals surface area contributed by atoms with Gasteiger partial charge >= 0.3 is 0 Å². The van der Waals surface area contributed by atoms with Crippen LogP contribution in [0.4, 0.5) is 0 Å². The van der Waals surface area contributed by atoms with E-state index in [1.54, 1.807) is 18.9 Å². The van der Waals surface area contributed by atoms with Gasteiger partial charge in [0.25, 0.3) is 0 Å². The van der Waals surface area contributed by atoms with E-state index < -0.39 is 0 Å². The molecule has 0 amide bonds. The zero-order valence-electron chi connectivity index (χ0n) is 13.5. The van der Waals surface area contributed by atoms with Crippen molar-refractivity contribution in [2.45, 2.75) is 17.8 Å². The van der Waals surface area contributed by atoms with E-state index in [1.807, 2.05) is 61.5 Å². The third-order valence-electron chi connectivity index (χ3n) is 3.53. The molecule has 0 aliphatic heterocycles. The van der Waals surface area contributed by atoms with Crippen LogP contribution in [0.3, 0.4) is 0 Å². The molecule has 122 valence electrons. The maximum Gasteiger partial charge on any atom is 0.188 e. The summed E-state index contributed by atoms with van der Waals surface area (Å²) in [6.45, 7) is 1.98. The third-order valence-corrected chi connectivity index (χ3v) is 4.80. The summed E-state index contributed by atoms with van der Waals surface area (Å²) in [5.74, 6) is 1.57. The summed E-state index contributed by atoms with van der Waals surface area (Å²) in [6, 6.07) is 17.7. The van der Waals surface area contributed by atoms with Crippen molar-refractivity contribution in [3.05, 3.63) is 70.9 Å². The van der Waals surface area contributed by atoms with Crippen molar-refractivity contribution in [3.8, 4) is 17.0 Å². The van der Waals surface area contributed by atoms with Crippen LogP contribution in [0.15, 0.2) is 59.8 Å². The third kappa shape index (κ3) is 4.08. The zero-order valence-corrected chi connectivity index (χ0v) is 15.1. The number of aromatic nitrogens is 2. The highest BCUT2D eigenvalue weighted by atomic mass is 35.5. The number of benzene rings is 2. The van der Waals surface area contributed by atoms with Gasteiger partial charge in [-0.25, -0.2) is 9.97 Å². The topological polar surface area (TPSA) is 35.0 Å². The first-order chi connectivity index (χ1) is 11.7. The second-order valence-electron chi connectivity index (χ2n) is 5.29. The van der Waals surface area contributed by atoms with E-state index in [4.69, 9.17) is 16.3 Å². The van der Waals surface area contributed by atoms with Crippen molar-refractivity contribution >= 4 is 23.4 Å². The lowest BCUT2D eigenvalue weighted by Crippen LogP contribution is -1.94. The Morgan fingerprint density at radius 1 is 1.04 bits per heavy atom. The van der Waals surface area contributed by atoms with Crippen molar-refractivity contribution in [1.29, 1.82) is 0 Å². The Bertz CT molecular complexity index is 837. The summed E-state index contributed by atoms with van der Waals surface area (Å²) in [4.78, 5) is 9.19. The minimum Gasteiger partial charge on any atom is -0.497 e. The lowest BCUT2D eigenvalue weighted by atomic mass is 10.1. The van der Waals surface area contributed by atoms with Crippen molar-refractivity contribution in [3.63, 3.8) is 0 Å². The second kappa shape index (κ2) is 7.69. The van der Waals surface area contributed by atoms with E-state index in [0.717, 1.165) is 44.2 Å². The smallest absolute Gasteiger partial charge is 0.188 e. The highest BCUT2D eigenvalue weighted by molar-refractivity contribution is 7.98. The maximum absolute atomic E-state index is 6.21. The van der Waals surface area contributed by atoms with Crippen LogP contribution in [0, 0.1) is 6.92 Å². The van der Waals surface area contributed by atoms with Crippen molar-refractivity contribution in [2.75, 3.05) is 7.11 Å². The number of aryl methyl sites for hydroxylation is 1. The first-order valence-corrected chi connectivity index (χ1v) is 8.88. The number of rotatable bonds is 5. The number of thioether (sulfide) groups is 1. The van der Waals surface area contributed by atoms with Gasteiger partial charge in [0.1, 0.15) is 5.75 Å². The van der Waals surface area contributed by atoms with E-state index in [9.17, 15) is 0 Å². The van der Waals surface area contributed by atoms with Crippen molar-refractivity contribution in [2.24, 2.45) is 0 Å². The quantitative estimate of drug-likeness (QED) is 0.452. The van der Waals surface area contributed by atoms with Gasteiger partial charge in [-0.2, -0.15) is 0 Å². The Morgan fingerprint density at radius 3 is 2.50 bits per heavy atom. The molecule has 0 radical (unpaired) electrons. The summed E-state index contributed by atoms with van der Waals surface area (Å²) in [5, 5.41) is 1.52. The molecule has 2 aromatic carbocycles. The van der Waals surface area contributed by atoms with Crippen molar-refractivity contribution in [1.82, 2.24) is 9.97 Å². The first-order valence-electron chi connectivity index (χ1n) is 7.52. The predicted octanol–water partition coefficient (Wildman–Crippen LogP) is 5.41. The Balaban J connectivity index is 1.82. The Morgan fingerprint density at radius 2 is 1.79 bits per heavy atom. The molecule has 0 bridgehead atoms. The van der Waals surface area contributed by atoms with Gasteiger partial charge in [0.15, 0.2) is 5.16 Å². The molecule has 0 aliphatic carbocycles. The molecule has 3 rings (SSSR count). The fourth-order valence-electron chi connectivity index (χ4n) is 2.27. The van der Waals surface area contributed by atoms with E-state index in [2.05, 4.69) is 9.97 Å². The van der Waals surface area contributed by atoms with E-state index in [0.29, 0.717) is 0 Å². The second-order valence-corrected chi connectivity index (χ2v) is 6.64. The normalized spacial score (nSPS) is 10.6. The van der Waals surface area contributed by atoms with Crippen LogP contribution in [0.1, 0.15) is 11.3 Å². The van der Waals surface area contributed by atoms with E-state index in [-0.39, 0.29) is 0 Å². The first kappa shape index (κ1) is 16.8. The molecule has 0 saturated heterocycles. The van der Waals surface area contributed by atoms with Gasteiger partial charge in [0.2, 0.25) is 0 Å². The molecular weight excluding hydrogens is 340 g/mol. The summed E-state index contributed by atoms with van der Waals surface area (Å²) in [6.07, 6.45) is 0. The average Bonchev–Trinajstić information content (AvgIpc) is 2.61. The van der Waals surface area contributed by atoms with Gasteiger partial charge in [0.05, 0.1) is 12.8 Å². The molecule has 3 nitrogen and oxygen atoms in total. The van der Waals surface area contributed by atoms with Crippen LogP contribution < -0.4 is 4.74 Å². The number of hydrogen-bond acceptors (Lipinski definition) is 4. The van der Waals surface area contributed by atoms with Crippen LogP contribution in [-0.4, -0.2) is 17.1 Å². The summed E-state index contributed by atoms with van der Waals surface area (Å²) < 4.78 is 5.20. The number of ether oxygens (including phenoxy) is 1. The van der Waals surface area contributed by atoms with Crippen LogP contribution >= 0.6 is 23.4 Å². The minimum absolute atomic E-state index is 0.741. The minimum atomic E-state index is 0.741. The molecule has 24 heavy (non-hydrogen) atoms. The number of halogens is 1. The highest BCUT2D eigenvalue weighted by Gasteiger charge is 2.07. The molecular formula is C19H17ClN2OS. The number of nitrogens with zero attached hydrogens (tertiary/aromatic N) is 2. The fourth-order valence-corrected chi connectivity index (χ4v) is 3.46. The van der Waals surface area contributed by atoms with Crippen LogP contribution in [0.5, 0.6) is 5.75 Å². The molecule has 0 aliphatic rings. The van der Waals surface area contributed by atoms with Gasteiger partial charge in [-0.3, -0.25) is 0 Å². The zero-order chi connectivity index (χ0) is 16.9. The Hall–Kier alpha value is -2.04. The van der Waals surface area contributed by atoms with E-state index in [1.165, 1.54) is 0 Å². The fraction of sp³-hybridized carbons (Fsp3) is 0.158. The Kier molecular flexibility index (Phi) is 5.38. The molecule has 0 saturated carbocycles. The summed E-state index contributed by atoms with van der Waals surface area (Å²) in [5.41, 5.74) is 3.98. The van der Waals surface area contributed by atoms with Gasteiger partial charge < -0.3 is 4.74 Å². The Labute approximate surface area is 151 Å². The van der Waals surface area contributed by atoms with Crippen LogP contribution in [0.25, 0.3) is 11.3 Å². The molecule has 0 unspecified atom stereocenters. The lowest BCUT2D eigenvalue weighted by Gasteiger charge is -2.07. The standard InChI is InChI=1S/C19H17ClN2OS/c1-13-11-18(14-7-9-16(23-2)10-8-14)22-19(21-13)24-12-15-5-3-4-6-17(15)20/h3-11H,12H2,1-2H3. The molecule has 1 aromatic heterocycles. The molecule has 5 heteroatoms. The highest BCUT2D eigenvalue weighted by Crippen LogP contribution is 2.27. The van der Waals surface area contributed by atoms with Gasteiger partial charge in [-0.1, -0.05) is 41.6 Å². The molecule has 0 fully saturated rings. The molecule has 0 atom stereocenters. The van der Waals surface area contributed by atoms with Crippen LogP contribution in [0.2, 0.25) is 5.02 Å². The maximum atomic E-state index is 6.21. The lowest BCUT2D eigenvalue weighted by molar-refractivity contribution is 0.415. The molecule has 1 heterocycles. The molecule has 3 aromatic rings. The van der Waals surface area contributed by atoms with Crippen molar-refractivity contribution < 1.29 is 4.74 Å². The SMILES string of the molecule is COc1ccc(-c2cc(C)nc(SCc3ccccc3Cl)n2)cc1. The molecule has 0 N–H and O–H groups in total. The molecule has 0 spiro atoms. The van der Waals surface area contributed by atoms with Gasteiger partial charge in [-0.05, 0) is 48.9 Å². The van der Waals surface area contributed by atoms with Gasteiger partial charge in [-0.15, -0.1) is 0 Å². The predicted molar refractivity (Wildman–Crippen MR) is 99.8 cm³/mol. The number of methoxy groups -OCH3 is 1. The number of hydrogen-bond donors (Lipinski definition) is 0. The summed E-state index contributed by atoms with van der Waals surface area (Å²) in [7, 11) is 1.66. The van der Waals surface area contributed by atoms with Crippen LogP contribution in [-0.2, 0) is 5.75 Å². The van der Waals surface area contributed by atoms with Gasteiger partial charge in [0, 0.05) is 22.0 Å². The van der Waals surface area contributed by atoms with E-state index >= 15 is 0 Å². The monoisotopic (exact) mass is 356 g/mol.